The van der Waals surface area contributed by atoms with Gasteiger partial charge in [-0.05, 0) is 37.3 Å². The second kappa shape index (κ2) is 7.50. The van der Waals surface area contributed by atoms with Gasteiger partial charge in [-0.1, -0.05) is 26.0 Å². The SMILES string of the molecule is CCOC(=O)C(CN)(Cc1cccc(F)c1F)CC(C)C. The van der Waals surface area contributed by atoms with Crippen LogP contribution in [-0.4, -0.2) is 19.1 Å². The molecule has 2 N–H and O–H groups in total. The fourth-order valence-electron chi connectivity index (χ4n) is 2.58. The summed E-state index contributed by atoms with van der Waals surface area (Å²) in [4.78, 5) is 12.3. The van der Waals surface area contributed by atoms with Gasteiger partial charge in [-0.25, -0.2) is 8.78 Å². The second-order valence-electron chi connectivity index (χ2n) is 5.69. The van der Waals surface area contributed by atoms with Crippen molar-refractivity contribution in [3.05, 3.63) is 35.4 Å². The van der Waals surface area contributed by atoms with Crippen molar-refractivity contribution >= 4 is 5.97 Å². The number of esters is 1. The summed E-state index contributed by atoms with van der Waals surface area (Å²) in [5.41, 5.74) is 4.92. The molecule has 0 heterocycles. The van der Waals surface area contributed by atoms with E-state index < -0.39 is 23.0 Å². The Labute approximate surface area is 124 Å². The first-order chi connectivity index (χ1) is 9.86. The van der Waals surface area contributed by atoms with Gasteiger partial charge in [0.1, 0.15) is 0 Å². The normalized spacial score (nSPS) is 14.0. The number of nitrogens with two attached hydrogens (primary N) is 1. The van der Waals surface area contributed by atoms with Crippen LogP contribution in [0.25, 0.3) is 0 Å². The van der Waals surface area contributed by atoms with Crippen molar-refractivity contribution in [3.8, 4) is 0 Å². The van der Waals surface area contributed by atoms with Gasteiger partial charge >= 0.3 is 5.97 Å². The average Bonchev–Trinajstić information content (AvgIpc) is 2.42. The van der Waals surface area contributed by atoms with Crippen molar-refractivity contribution in [2.24, 2.45) is 17.1 Å². The molecule has 0 spiro atoms. The van der Waals surface area contributed by atoms with Crippen LogP contribution in [0.15, 0.2) is 18.2 Å². The van der Waals surface area contributed by atoms with Crippen molar-refractivity contribution < 1.29 is 18.3 Å². The highest BCUT2D eigenvalue weighted by Gasteiger charge is 2.40. The van der Waals surface area contributed by atoms with Crippen molar-refractivity contribution in [1.82, 2.24) is 0 Å². The van der Waals surface area contributed by atoms with Crippen LogP contribution in [0.5, 0.6) is 0 Å². The van der Waals surface area contributed by atoms with Crippen molar-refractivity contribution in [2.75, 3.05) is 13.2 Å². The molecule has 118 valence electrons. The molecule has 1 aromatic carbocycles. The van der Waals surface area contributed by atoms with Crippen LogP contribution in [-0.2, 0) is 16.0 Å². The molecule has 1 aromatic rings. The number of ether oxygens (including phenoxy) is 1. The average molecular weight is 299 g/mol. The molecule has 5 heteroatoms. The van der Waals surface area contributed by atoms with Crippen LogP contribution in [0.1, 0.15) is 32.8 Å². The summed E-state index contributed by atoms with van der Waals surface area (Å²) in [6.07, 6.45) is 0.488. The van der Waals surface area contributed by atoms with Crippen LogP contribution >= 0.6 is 0 Å². The smallest absolute Gasteiger partial charge is 0.313 e. The van der Waals surface area contributed by atoms with Crippen LogP contribution in [0.2, 0.25) is 0 Å². The predicted octanol–water partition coefficient (Wildman–Crippen LogP) is 3.06. The maximum absolute atomic E-state index is 13.9. The number of hydrogen-bond donors (Lipinski definition) is 1. The summed E-state index contributed by atoms with van der Waals surface area (Å²) in [7, 11) is 0. The van der Waals surface area contributed by atoms with E-state index in [9.17, 15) is 13.6 Å². The summed E-state index contributed by atoms with van der Waals surface area (Å²) < 4.78 is 32.3. The highest BCUT2D eigenvalue weighted by molar-refractivity contribution is 5.77. The quantitative estimate of drug-likeness (QED) is 0.787. The first-order valence-corrected chi connectivity index (χ1v) is 7.16. The number of benzene rings is 1. The lowest BCUT2D eigenvalue weighted by Crippen LogP contribution is -2.43. The standard InChI is InChI=1S/C16H23F2NO2/c1-4-21-15(20)16(10-19,8-11(2)3)9-12-6-5-7-13(17)14(12)18/h5-7,11H,4,8-10,19H2,1-3H3. The number of rotatable bonds is 7. The van der Waals surface area contributed by atoms with Crippen LogP contribution in [0.3, 0.4) is 0 Å². The van der Waals surface area contributed by atoms with Gasteiger partial charge in [0.25, 0.3) is 0 Å². The van der Waals surface area contributed by atoms with Crippen LogP contribution < -0.4 is 5.73 Å². The third-order valence-electron chi connectivity index (χ3n) is 3.46. The van der Waals surface area contributed by atoms with E-state index in [0.29, 0.717) is 6.42 Å². The lowest BCUT2D eigenvalue weighted by molar-refractivity contribution is -0.156. The van der Waals surface area contributed by atoms with Gasteiger partial charge in [-0.3, -0.25) is 4.79 Å². The molecule has 0 bridgehead atoms. The Morgan fingerprint density at radius 3 is 2.57 bits per heavy atom. The molecule has 0 aliphatic heterocycles. The minimum Gasteiger partial charge on any atom is -0.466 e. The summed E-state index contributed by atoms with van der Waals surface area (Å²) in [6, 6.07) is 3.95. The molecule has 0 aromatic heterocycles. The molecule has 0 saturated carbocycles. The lowest BCUT2D eigenvalue weighted by Gasteiger charge is -2.32. The molecule has 3 nitrogen and oxygen atoms in total. The molecule has 21 heavy (non-hydrogen) atoms. The monoisotopic (exact) mass is 299 g/mol. The largest absolute Gasteiger partial charge is 0.466 e. The van der Waals surface area contributed by atoms with E-state index in [4.69, 9.17) is 10.5 Å². The van der Waals surface area contributed by atoms with E-state index in [1.807, 2.05) is 13.8 Å². The predicted molar refractivity (Wildman–Crippen MR) is 77.6 cm³/mol. The maximum Gasteiger partial charge on any atom is 0.313 e. The molecule has 0 fully saturated rings. The molecule has 0 radical (unpaired) electrons. The van der Waals surface area contributed by atoms with Gasteiger partial charge in [0.2, 0.25) is 0 Å². The fraction of sp³-hybridized carbons (Fsp3) is 0.562. The molecule has 1 unspecified atom stereocenters. The van der Waals surface area contributed by atoms with Gasteiger partial charge in [0.05, 0.1) is 12.0 Å². The minimum atomic E-state index is -1.03. The number of carbonyl (C=O) groups is 1. The molecule has 0 aliphatic carbocycles. The lowest BCUT2D eigenvalue weighted by atomic mass is 9.75. The Morgan fingerprint density at radius 1 is 1.38 bits per heavy atom. The molecule has 0 aliphatic rings. The fourth-order valence-corrected chi connectivity index (χ4v) is 2.58. The summed E-state index contributed by atoms with van der Waals surface area (Å²) >= 11 is 0. The van der Waals surface area contributed by atoms with Gasteiger partial charge in [0, 0.05) is 6.54 Å². The van der Waals surface area contributed by atoms with E-state index in [2.05, 4.69) is 0 Å². The van der Waals surface area contributed by atoms with E-state index >= 15 is 0 Å². The molecular formula is C16H23F2NO2. The molecule has 0 amide bonds. The first-order valence-electron chi connectivity index (χ1n) is 7.16. The highest BCUT2D eigenvalue weighted by Crippen LogP contribution is 2.33. The summed E-state index contributed by atoms with van der Waals surface area (Å²) in [5.74, 6) is -2.13. The minimum absolute atomic E-state index is 0.0277. The Bertz CT molecular complexity index is 491. The molecule has 1 atom stereocenters. The molecule has 1 rings (SSSR count). The van der Waals surface area contributed by atoms with Crippen LogP contribution in [0, 0.1) is 23.0 Å². The highest BCUT2D eigenvalue weighted by atomic mass is 19.2. The number of hydrogen-bond acceptors (Lipinski definition) is 3. The zero-order valence-corrected chi connectivity index (χ0v) is 12.8. The third kappa shape index (κ3) is 4.24. The summed E-state index contributed by atoms with van der Waals surface area (Å²) in [6.45, 7) is 5.86. The first kappa shape index (κ1) is 17.6. The van der Waals surface area contributed by atoms with Gasteiger partial charge in [-0.2, -0.15) is 0 Å². The van der Waals surface area contributed by atoms with Crippen molar-refractivity contribution in [1.29, 1.82) is 0 Å². The zero-order valence-electron chi connectivity index (χ0n) is 12.8. The Hall–Kier alpha value is -1.49. The van der Waals surface area contributed by atoms with E-state index in [0.717, 1.165) is 6.07 Å². The second-order valence-corrected chi connectivity index (χ2v) is 5.69. The Balaban J connectivity index is 3.17. The maximum atomic E-state index is 13.9. The van der Waals surface area contributed by atoms with Crippen molar-refractivity contribution in [3.63, 3.8) is 0 Å². The van der Waals surface area contributed by atoms with Gasteiger partial charge in [-0.15, -0.1) is 0 Å². The van der Waals surface area contributed by atoms with Gasteiger partial charge < -0.3 is 10.5 Å². The van der Waals surface area contributed by atoms with Crippen molar-refractivity contribution in [2.45, 2.75) is 33.6 Å². The van der Waals surface area contributed by atoms with E-state index in [1.54, 1.807) is 6.92 Å². The van der Waals surface area contributed by atoms with E-state index in [1.165, 1.54) is 12.1 Å². The van der Waals surface area contributed by atoms with E-state index in [-0.39, 0.29) is 31.1 Å². The Morgan fingerprint density at radius 2 is 2.05 bits per heavy atom. The zero-order chi connectivity index (χ0) is 16.0. The van der Waals surface area contributed by atoms with Crippen LogP contribution in [0.4, 0.5) is 8.78 Å². The molecular weight excluding hydrogens is 276 g/mol. The van der Waals surface area contributed by atoms with Gasteiger partial charge in [0.15, 0.2) is 11.6 Å². The number of carbonyl (C=O) groups excluding carboxylic acids is 1. The molecule has 0 saturated heterocycles. The third-order valence-corrected chi connectivity index (χ3v) is 3.46. The summed E-state index contributed by atoms with van der Waals surface area (Å²) in [5, 5.41) is 0. The number of halogens is 2. The Kier molecular flexibility index (Phi) is 6.27. The topological polar surface area (TPSA) is 52.3 Å².